The first-order valence-electron chi connectivity index (χ1n) is 4.94. The standard InChI is InChI=1S/C11H12FN3O/c1-2-15-6-5-14-11(15)16-10-4-3-8(12)7-9(10)13/h3-7H,2,13H2,1H3. The number of halogens is 1. The largest absolute Gasteiger partial charge is 0.423 e. The molecule has 0 saturated heterocycles. The molecule has 0 aliphatic heterocycles. The predicted molar refractivity (Wildman–Crippen MR) is 58.8 cm³/mol. The summed E-state index contributed by atoms with van der Waals surface area (Å²) < 4.78 is 20.1. The van der Waals surface area contributed by atoms with Crippen LogP contribution in [0.1, 0.15) is 6.92 Å². The summed E-state index contributed by atoms with van der Waals surface area (Å²) >= 11 is 0. The number of anilines is 1. The summed E-state index contributed by atoms with van der Waals surface area (Å²) in [7, 11) is 0. The Morgan fingerprint density at radius 1 is 1.50 bits per heavy atom. The Balaban J connectivity index is 2.27. The van der Waals surface area contributed by atoms with Gasteiger partial charge in [0.2, 0.25) is 0 Å². The molecule has 0 aliphatic rings. The first kappa shape index (κ1) is 10.5. The molecule has 1 heterocycles. The van der Waals surface area contributed by atoms with Crippen molar-refractivity contribution >= 4 is 5.69 Å². The van der Waals surface area contributed by atoms with Crippen LogP contribution < -0.4 is 10.5 Å². The molecule has 2 aromatic rings. The number of nitrogen functional groups attached to an aromatic ring is 1. The van der Waals surface area contributed by atoms with Crippen LogP contribution in [-0.4, -0.2) is 9.55 Å². The Morgan fingerprint density at radius 3 is 3.00 bits per heavy atom. The van der Waals surface area contributed by atoms with Crippen molar-refractivity contribution in [2.75, 3.05) is 5.73 Å². The summed E-state index contributed by atoms with van der Waals surface area (Å²) in [6, 6.07) is 4.44. The highest BCUT2D eigenvalue weighted by molar-refractivity contribution is 5.53. The number of imidazole rings is 1. The number of ether oxygens (including phenoxy) is 1. The van der Waals surface area contributed by atoms with Crippen molar-refractivity contribution in [2.24, 2.45) is 0 Å². The fourth-order valence-corrected chi connectivity index (χ4v) is 1.35. The first-order chi connectivity index (χ1) is 7.70. The topological polar surface area (TPSA) is 53.1 Å². The lowest BCUT2D eigenvalue weighted by Crippen LogP contribution is -1.99. The molecule has 0 saturated carbocycles. The molecule has 5 heteroatoms. The van der Waals surface area contributed by atoms with Crippen LogP contribution in [0.5, 0.6) is 11.8 Å². The van der Waals surface area contributed by atoms with E-state index < -0.39 is 0 Å². The Kier molecular flexibility index (Phi) is 2.76. The number of hydrogen-bond acceptors (Lipinski definition) is 3. The molecule has 0 spiro atoms. The van der Waals surface area contributed by atoms with E-state index in [1.807, 2.05) is 11.5 Å². The van der Waals surface area contributed by atoms with E-state index in [4.69, 9.17) is 10.5 Å². The molecule has 0 unspecified atom stereocenters. The highest BCUT2D eigenvalue weighted by Crippen LogP contribution is 2.26. The second kappa shape index (κ2) is 4.22. The molecule has 0 atom stereocenters. The lowest BCUT2D eigenvalue weighted by molar-refractivity contribution is 0.416. The maximum Gasteiger partial charge on any atom is 0.301 e. The van der Waals surface area contributed by atoms with E-state index in [1.54, 1.807) is 12.4 Å². The molecule has 0 amide bonds. The van der Waals surface area contributed by atoms with Crippen LogP contribution in [0.2, 0.25) is 0 Å². The van der Waals surface area contributed by atoms with Gasteiger partial charge in [-0.3, -0.25) is 0 Å². The molecule has 1 aromatic heterocycles. The highest BCUT2D eigenvalue weighted by Gasteiger charge is 2.07. The van der Waals surface area contributed by atoms with Gasteiger partial charge in [0.15, 0.2) is 5.75 Å². The molecule has 0 radical (unpaired) electrons. The summed E-state index contributed by atoms with van der Waals surface area (Å²) in [5, 5.41) is 0. The van der Waals surface area contributed by atoms with Gasteiger partial charge >= 0.3 is 6.01 Å². The lowest BCUT2D eigenvalue weighted by atomic mass is 10.3. The quantitative estimate of drug-likeness (QED) is 0.810. The zero-order valence-electron chi connectivity index (χ0n) is 8.85. The minimum atomic E-state index is -0.385. The second-order valence-electron chi connectivity index (χ2n) is 3.28. The molecular weight excluding hydrogens is 209 g/mol. The van der Waals surface area contributed by atoms with Crippen molar-refractivity contribution in [1.29, 1.82) is 0 Å². The van der Waals surface area contributed by atoms with Crippen LogP contribution >= 0.6 is 0 Å². The molecule has 84 valence electrons. The molecular formula is C11H12FN3O. The maximum absolute atomic E-state index is 12.8. The number of rotatable bonds is 3. The van der Waals surface area contributed by atoms with Crippen molar-refractivity contribution in [1.82, 2.24) is 9.55 Å². The van der Waals surface area contributed by atoms with E-state index in [2.05, 4.69) is 4.98 Å². The Hall–Kier alpha value is -2.04. The lowest BCUT2D eigenvalue weighted by Gasteiger charge is -2.08. The number of nitrogens with zero attached hydrogens (tertiary/aromatic N) is 2. The van der Waals surface area contributed by atoms with Gasteiger partial charge in [-0.05, 0) is 19.1 Å². The van der Waals surface area contributed by atoms with Crippen LogP contribution in [-0.2, 0) is 6.54 Å². The SMILES string of the molecule is CCn1ccnc1Oc1ccc(F)cc1N. The van der Waals surface area contributed by atoms with Crippen LogP contribution in [0, 0.1) is 5.82 Å². The zero-order valence-corrected chi connectivity index (χ0v) is 8.85. The van der Waals surface area contributed by atoms with Crippen LogP contribution in [0.3, 0.4) is 0 Å². The number of hydrogen-bond donors (Lipinski definition) is 1. The van der Waals surface area contributed by atoms with E-state index in [-0.39, 0.29) is 11.5 Å². The van der Waals surface area contributed by atoms with Crippen molar-refractivity contribution in [3.63, 3.8) is 0 Å². The molecule has 0 fully saturated rings. The number of aryl methyl sites for hydroxylation is 1. The third kappa shape index (κ3) is 1.98. The van der Waals surface area contributed by atoms with Gasteiger partial charge in [-0.15, -0.1) is 0 Å². The number of benzene rings is 1. The summed E-state index contributed by atoms with van der Waals surface area (Å²) in [6.07, 6.45) is 3.44. The van der Waals surface area contributed by atoms with Gasteiger partial charge in [-0.2, -0.15) is 0 Å². The Bertz CT molecular complexity index is 496. The summed E-state index contributed by atoms with van der Waals surface area (Å²) in [4.78, 5) is 4.04. The third-order valence-electron chi connectivity index (χ3n) is 2.19. The van der Waals surface area contributed by atoms with E-state index in [0.717, 1.165) is 6.54 Å². The first-order valence-corrected chi connectivity index (χ1v) is 4.94. The fourth-order valence-electron chi connectivity index (χ4n) is 1.35. The molecule has 2 N–H and O–H groups in total. The molecule has 0 aliphatic carbocycles. The molecule has 4 nitrogen and oxygen atoms in total. The van der Waals surface area contributed by atoms with Gasteiger partial charge < -0.3 is 15.0 Å². The number of nitrogens with two attached hydrogens (primary N) is 1. The van der Waals surface area contributed by atoms with Gasteiger partial charge in [-0.25, -0.2) is 9.37 Å². The Morgan fingerprint density at radius 2 is 2.31 bits per heavy atom. The van der Waals surface area contributed by atoms with Crippen molar-refractivity contribution in [3.05, 3.63) is 36.4 Å². The zero-order chi connectivity index (χ0) is 11.5. The van der Waals surface area contributed by atoms with Crippen LogP contribution in [0.25, 0.3) is 0 Å². The summed E-state index contributed by atoms with van der Waals surface area (Å²) in [6.45, 7) is 2.72. The van der Waals surface area contributed by atoms with Gasteiger partial charge in [-0.1, -0.05) is 0 Å². The maximum atomic E-state index is 12.8. The average molecular weight is 221 g/mol. The fraction of sp³-hybridized carbons (Fsp3) is 0.182. The third-order valence-corrected chi connectivity index (χ3v) is 2.19. The van der Waals surface area contributed by atoms with E-state index in [0.29, 0.717) is 11.8 Å². The normalized spacial score (nSPS) is 10.4. The van der Waals surface area contributed by atoms with Crippen LogP contribution in [0.4, 0.5) is 10.1 Å². The van der Waals surface area contributed by atoms with Gasteiger partial charge in [0.05, 0.1) is 5.69 Å². The summed E-state index contributed by atoms with van der Waals surface area (Å²) in [5.74, 6) is 0.0194. The minimum Gasteiger partial charge on any atom is -0.423 e. The highest BCUT2D eigenvalue weighted by atomic mass is 19.1. The Labute approximate surface area is 92.5 Å². The van der Waals surface area contributed by atoms with Crippen LogP contribution in [0.15, 0.2) is 30.6 Å². The molecule has 1 aromatic carbocycles. The van der Waals surface area contributed by atoms with E-state index in [9.17, 15) is 4.39 Å². The molecule has 16 heavy (non-hydrogen) atoms. The van der Waals surface area contributed by atoms with E-state index >= 15 is 0 Å². The van der Waals surface area contributed by atoms with Crippen molar-refractivity contribution in [2.45, 2.75) is 13.5 Å². The average Bonchev–Trinajstić information content (AvgIpc) is 2.69. The van der Waals surface area contributed by atoms with Gasteiger partial charge in [0.25, 0.3) is 0 Å². The molecule has 0 bridgehead atoms. The smallest absolute Gasteiger partial charge is 0.301 e. The van der Waals surface area contributed by atoms with E-state index in [1.165, 1.54) is 18.2 Å². The number of aromatic nitrogens is 2. The van der Waals surface area contributed by atoms with Gasteiger partial charge in [0.1, 0.15) is 5.82 Å². The monoisotopic (exact) mass is 221 g/mol. The second-order valence-corrected chi connectivity index (χ2v) is 3.28. The summed E-state index contributed by atoms with van der Waals surface area (Å²) in [5.41, 5.74) is 5.88. The molecule has 2 rings (SSSR count). The van der Waals surface area contributed by atoms with Crippen molar-refractivity contribution in [3.8, 4) is 11.8 Å². The minimum absolute atomic E-state index is 0.255. The van der Waals surface area contributed by atoms with Gasteiger partial charge in [0, 0.05) is 25.0 Å². The van der Waals surface area contributed by atoms with Crippen molar-refractivity contribution < 1.29 is 9.13 Å². The predicted octanol–water partition coefficient (Wildman–Crippen LogP) is 2.42.